The molecule has 8 rings (SSSR count). The van der Waals surface area contributed by atoms with Gasteiger partial charge in [-0.15, -0.1) is 0 Å². The van der Waals surface area contributed by atoms with Gasteiger partial charge < -0.3 is 10.2 Å². The van der Waals surface area contributed by atoms with Gasteiger partial charge in [0.05, 0.1) is 33.3 Å². The highest BCUT2D eigenvalue weighted by molar-refractivity contribution is 6.34. The molecule has 2 aromatic carbocycles. The Morgan fingerprint density at radius 2 is 1.81 bits per heavy atom. The molecule has 2 N–H and O–H groups in total. The van der Waals surface area contributed by atoms with E-state index in [1.807, 2.05) is 23.0 Å². The Balaban J connectivity index is 0.890. The number of benzene rings is 2. The third-order valence-corrected chi connectivity index (χ3v) is 11.6. The third-order valence-electron chi connectivity index (χ3n) is 11.3. The molecule has 1 saturated carbocycles. The summed E-state index contributed by atoms with van der Waals surface area (Å²) in [7, 11) is 1.76. The van der Waals surface area contributed by atoms with E-state index in [1.54, 1.807) is 28.3 Å². The summed E-state index contributed by atoms with van der Waals surface area (Å²) in [6.07, 6.45) is 1.54. The number of nitrogens with zero attached hydrogens (tertiary/aromatic N) is 6. The number of piperidine rings is 2. The van der Waals surface area contributed by atoms with E-state index in [-0.39, 0.29) is 46.4 Å². The van der Waals surface area contributed by atoms with Crippen molar-refractivity contribution in [3.05, 3.63) is 86.7 Å². The monoisotopic (exact) mass is 762 g/mol. The second-order valence-corrected chi connectivity index (χ2v) is 15.2. The van der Waals surface area contributed by atoms with Crippen LogP contribution in [0.2, 0.25) is 5.02 Å². The fourth-order valence-corrected chi connectivity index (χ4v) is 8.64. The van der Waals surface area contributed by atoms with Crippen molar-refractivity contribution in [2.24, 2.45) is 13.0 Å². The number of carbonyl (C=O) groups excluding carboxylic acids is 3. The normalized spacial score (nSPS) is 21.4. The molecule has 3 aromatic heterocycles. The number of fused-ring (bicyclic) bond motifs is 2. The molecule has 3 amide bonds. The van der Waals surface area contributed by atoms with Crippen molar-refractivity contribution < 1.29 is 27.6 Å². The Labute approximate surface area is 312 Å². The first kappa shape index (κ1) is 36.0. The van der Waals surface area contributed by atoms with Crippen molar-refractivity contribution >= 4 is 56.9 Å². The lowest BCUT2D eigenvalue weighted by molar-refractivity contribution is -0.141. The zero-order valence-corrected chi connectivity index (χ0v) is 30.4. The van der Waals surface area contributed by atoms with E-state index in [0.29, 0.717) is 17.9 Å². The molecular formula is C38H38ClF3N8O4. The number of rotatable bonds is 7. The third kappa shape index (κ3) is 6.57. The van der Waals surface area contributed by atoms with Crippen LogP contribution in [0.3, 0.4) is 0 Å². The molecular weight excluding hydrogens is 725 g/mol. The summed E-state index contributed by atoms with van der Waals surface area (Å²) in [6.45, 7) is 4.91. The van der Waals surface area contributed by atoms with Gasteiger partial charge in [-0.1, -0.05) is 23.7 Å². The molecule has 0 bridgehead atoms. The minimum atomic E-state index is -4.67. The summed E-state index contributed by atoms with van der Waals surface area (Å²) in [5.74, 6) is -0.785. The molecule has 1 unspecified atom stereocenters. The summed E-state index contributed by atoms with van der Waals surface area (Å²) in [5.41, 5.74) is 2.98. The number of hydrogen-bond donors (Lipinski definition) is 2. The first-order valence-electron chi connectivity index (χ1n) is 18.1. The van der Waals surface area contributed by atoms with Crippen LogP contribution in [-0.2, 0) is 22.8 Å². The number of pyridine rings is 1. The topological polar surface area (TPSA) is 136 Å². The summed E-state index contributed by atoms with van der Waals surface area (Å²) in [5, 5.41) is 10.6. The van der Waals surface area contributed by atoms with E-state index in [0.717, 1.165) is 85.0 Å². The number of carbonyl (C=O) groups is 3. The summed E-state index contributed by atoms with van der Waals surface area (Å²) in [4.78, 5) is 56.7. The van der Waals surface area contributed by atoms with Crippen LogP contribution >= 0.6 is 11.6 Å². The highest BCUT2D eigenvalue weighted by Gasteiger charge is 2.36. The van der Waals surface area contributed by atoms with E-state index in [4.69, 9.17) is 16.7 Å². The summed E-state index contributed by atoms with van der Waals surface area (Å²) >= 11 is 6.44. The Hall–Kier alpha value is -5.02. The van der Waals surface area contributed by atoms with Gasteiger partial charge in [0.15, 0.2) is 0 Å². The highest BCUT2D eigenvalue weighted by atomic mass is 35.5. The number of hydrogen-bond acceptors (Lipinski definition) is 7. The SMILES string of the molecule is Cc1ccc2c(c1C1CCN(C[C@H]3C[C@H](n4cc5cc(NC(=O)c6cccc(C(F)(F)F)n6)c(Cl)cc5n4)C3)CC1)n(C)c(=O)n2C1CCC(=O)NC1=O. The van der Waals surface area contributed by atoms with Gasteiger partial charge in [0.2, 0.25) is 11.8 Å². The van der Waals surface area contributed by atoms with E-state index in [9.17, 15) is 32.3 Å². The number of amides is 3. The molecule has 3 fully saturated rings. The lowest BCUT2D eigenvalue weighted by atomic mass is 9.79. The maximum atomic E-state index is 13.5. The largest absolute Gasteiger partial charge is 0.433 e. The Morgan fingerprint density at radius 3 is 2.54 bits per heavy atom. The standard InChI is InChI=1S/C38H38ClF3N8O4/c1-20-6-7-29-34(47(2)37(54)50(29)30-8-9-32(51)45-36(30)53)33(20)22-10-12-48(13-11-22)18-21-14-24(15-21)49-19-23-16-28(25(39)17-27(23)46-49)44-35(52)26-4-3-5-31(43-26)38(40,41)42/h3-7,16-17,19,21-22,24,30H,8-15,18H2,1-2H3,(H,44,52)(H,45,51,53)/t21-,24-,30?. The first-order chi connectivity index (χ1) is 25.7. The molecule has 3 aliphatic rings. The maximum absolute atomic E-state index is 13.5. The first-order valence-corrected chi connectivity index (χ1v) is 18.4. The zero-order valence-electron chi connectivity index (χ0n) is 29.6. The number of nitrogens with one attached hydrogen (secondary N) is 2. The Bertz CT molecular complexity index is 2390. The Kier molecular flexibility index (Phi) is 9.12. The number of aromatic nitrogens is 5. The van der Waals surface area contributed by atoms with Crippen LogP contribution < -0.4 is 16.3 Å². The van der Waals surface area contributed by atoms with Crippen LogP contribution in [0.25, 0.3) is 21.9 Å². The second kappa shape index (κ2) is 13.7. The predicted molar refractivity (Wildman–Crippen MR) is 195 cm³/mol. The molecule has 5 heterocycles. The van der Waals surface area contributed by atoms with Gasteiger partial charge in [-0.3, -0.25) is 33.5 Å². The van der Waals surface area contributed by atoms with E-state index in [1.165, 1.54) is 6.07 Å². The molecule has 16 heteroatoms. The molecule has 1 atom stereocenters. The van der Waals surface area contributed by atoms with Gasteiger partial charge in [-0.05, 0) is 105 Å². The van der Waals surface area contributed by atoms with Gasteiger partial charge in [-0.2, -0.15) is 18.3 Å². The number of halogens is 4. The fraction of sp³-hybridized carbons (Fsp3) is 0.421. The van der Waals surface area contributed by atoms with Crippen LogP contribution in [0.5, 0.6) is 0 Å². The average Bonchev–Trinajstić information content (AvgIpc) is 3.63. The summed E-state index contributed by atoms with van der Waals surface area (Å²) in [6, 6.07) is 9.88. The van der Waals surface area contributed by atoms with Crippen molar-refractivity contribution in [3.63, 3.8) is 0 Å². The fourth-order valence-electron chi connectivity index (χ4n) is 8.44. The van der Waals surface area contributed by atoms with E-state index < -0.39 is 29.7 Å². The predicted octanol–water partition coefficient (Wildman–Crippen LogP) is 6.13. The van der Waals surface area contributed by atoms with Gasteiger partial charge >= 0.3 is 11.9 Å². The molecule has 1 aliphatic carbocycles. The van der Waals surface area contributed by atoms with Crippen molar-refractivity contribution in [3.8, 4) is 0 Å². The minimum Gasteiger partial charge on any atom is -0.319 e. The van der Waals surface area contributed by atoms with E-state index >= 15 is 0 Å². The Morgan fingerprint density at radius 1 is 1.06 bits per heavy atom. The number of imide groups is 1. The van der Waals surface area contributed by atoms with Crippen LogP contribution in [0.4, 0.5) is 18.9 Å². The van der Waals surface area contributed by atoms with Crippen molar-refractivity contribution in [2.75, 3.05) is 25.0 Å². The molecule has 0 spiro atoms. The van der Waals surface area contributed by atoms with E-state index in [2.05, 4.69) is 27.4 Å². The lowest BCUT2D eigenvalue weighted by Crippen LogP contribution is -2.44. The number of alkyl halides is 3. The molecule has 12 nitrogen and oxygen atoms in total. The van der Waals surface area contributed by atoms with Crippen LogP contribution in [0, 0.1) is 12.8 Å². The minimum absolute atomic E-state index is 0.198. The molecule has 54 heavy (non-hydrogen) atoms. The second-order valence-electron chi connectivity index (χ2n) is 14.8. The van der Waals surface area contributed by atoms with Crippen LogP contribution in [0.15, 0.2) is 53.5 Å². The highest BCUT2D eigenvalue weighted by Crippen LogP contribution is 2.41. The van der Waals surface area contributed by atoms with Crippen molar-refractivity contribution in [2.45, 2.75) is 69.6 Å². The maximum Gasteiger partial charge on any atom is 0.433 e. The zero-order chi connectivity index (χ0) is 38.1. The van der Waals surface area contributed by atoms with Crippen LogP contribution in [-0.4, -0.2) is 66.2 Å². The molecule has 2 saturated heterocycles. The van der Waals surface area contributed by atoms with Gasteiger partial charge in [0, 0.05) is 31.6 Å². The van der Waals surface area contributed by atoms with Crippen LogP contribution in [0.1, 0.15) is 83.8 Å². The number of likely N-dealkylation sites (tertiary alicyclic amines) is 1. The van der Waals surface area contributed by atoms with Gasteiger partial charge in [-0.25, -0.2) is 9.78 Å². The number of imidazole rings is 1. The average molecular weight is 763 g/mol. The van der Waals surface area contributed by atoms with Crippen molar-refractivity contribution in [1.29, 1.82) is 0 Å². The number of aryl methyl sites for hydroxylation is 2. The van der Waals surface area contributed by atoms with Gasteiger partial charge in [0.1, 0.15) is 17.4 Å². The quantitative estimate of drug-likeness (QED) is 0.191. The lowest BCUT2D eigenvalue weighted by Gasteiger charge is -2.41. The molecule has 2 aliphatic heterocycles. The summed E-state index contributed by atoms with van der Waals surface area (Å²) < 4.78 is 44.4. The van der Waals surface area contributed by atoms with Gasteiger partial charge in [0.25, 0.3) is 5.91 Å². The molecule has 0 radical (unpaired) electrons. The molecule has 282 valence electrons. The number of anilines is 1. The van der Waals surface area contributed by atoms with Crippen molar-refractivity contribution in [1.82, 2.24) is 34.1 Å². The molecule has 5 aromatic rings. The smallest absolute Gasteiger partial charge is 0.319 e.